The van der Waals surface area contributed by atoms with Crippen LogP contribution >= 0.6 is 0 Å². The number of carbonyl (C=O) groups excluding carboxylic acids is 2. The average molecular weight is 382 g/mol. The van der Waals surface area contributed by atoms with E-state index in [2.05, 4.69) is 9.88 Å². The van der Waals surface area contributed by atoms with E-state index in [0.29, 0.717) is 31.9 Å². The lowest BCUT2D eigenvalue weighted by Crippen LogP contribution is -2.44. The first-order chi connectivity index (χ1) is 13.7. The fraction of sp³-hybridized carbons (Fsp3) is 0.476. The minimum atomic E-state index is -0.288. The second-order valence-electron chi connectivity index (χ2n) is 7.38. The van der Waals surface area contributed by atoms with Crippen LogP contribution in [0.1, 0.15) is 41.4 Å². The lowest BCUT2D eigenvalue weighted by molar-refractivity contribution is -0.136. The molecule has 0 N–H and O–H groups in total. The molecule has 4 heterocycles. The van der Waals surface area contributed by atoms with Crippen molar-refractivity contribution in [3.63, 3.8) is 0 Å². The fourth-order valence-corrected chi connectivity index (χ4v) is 4.12. The van der Waals surface area contributed by atoms with Crippen LogP contribution in [0.25, 0.3) is 0 Å². The molecule has 7 nitrogen and oxygen atoms in total. The van der Waals surface area contributed by atoms with Gasteiger partial charge in [0.2, 0.25) is 5.91 Å². The highest BCUT2D eigenvalue weighted by Crippen LogP contribution is 2.27. The number of rotatable bonds is 4. The van der Waals surface area contributed by atoms with Gasteiger partial charge in [-0.15, -0.1) is 0 Å². The monoisotopic (exact) mass is 382 g/mol. The predicted octanol–water partition coefficient (Wildman–Crippen LogP) is 2.19. The van der Waals surface area contributed by atoms with E-state index in [-0.39, 0.29) is 17.9 Å². The Hall–Kier alpha value is -2.67. The second-order valence-corrected chi connectivity index (χ2v) is 7.38. The van der Waals surface area contributed by atoms with E-state index in [1.807, 2.05) is 17.0 Å². The Morgan fingerprint density at radius 3 is 2.43 bits per heavy atom. The number of aromatic nitrogens is 1. The number of likely N-dealkylation sites (tertiary alicyclic amines) is 1. The van der Waals surface area contributed by atoms with Crippen LogP contribution < -0.4 is 0 Å². The molecule has 1 unspecified atom stereocenters. The standard InChI is InChI=1S/C21H26N4O3/c26-20(18-7-4-15-28-18)24-11-5-12-25(14-13-24)21(27)19(23-9-1-2-10-23)17-6-3-8-22-16-17/h3-4,6-8,15-16,19H,1-2,5,9-14H2. The Balaban J connectivity index is 1.47. The normalized spacial score (nSPS) is 19.4. The zero-order valence-corrected chi connectivity index (χ0v) is 16.0. The number of hydrogen-bond acceptors (Lipinski definition) is 5. The maximum Gasteiger partial charge on any atom is 0.289 e. The molecule has 2 aliphatic heterocycles. The van der Waals surface area contributed by atoms with Crippen LogP contribution in [0, 0.1) is 0 Å². The minimum Gasteiger partial charge on any atom is -0.459 e. The first kappa shape index (κ1) is 18.7. The van der Waals surface area contributed by atoms with Gasteiger partial charge in [-0.3, -0.25) is 19.5 Å². The van der Waals surface area contributed by atoms with E-state index in [9.17, 15) is 9.59 Å². The number of nitrogens with zero attached hydrogens (tertiary/aromatic N) is 4. The number of furan rings is 1. The summed E-state index contributed by atoms with van der Waals surface area (Å²) in [5.41, 5.74) is 0.946. The van der Waals surface area contributed by atoms with Crippen LogP contribution in [-0.2, 0) is 4.79 Å². The molecule has 148 valence electrons. The van der Waals surface area contributed by atoms with Crippen molar-refractivity contribution in [3.05, 3.63) is 54.2 Å². The van der Waals surface area contributed by atoms with Crippen molar-refractivity contribution in [1.29, 1.82) is 0 Å². The quantitative estimate of drug-likeness (QED) is 0.811. The van der Waals surface area contributed by atoms with Gasteiger partial charge in [0.25, 0.3) is 5.91 Å². The molecule has 2 aromatic rings. The molecule has 2 fully saturated rings. The van der Waals surface area contributed by atoms with Crippen LogP contribution in [0.15, 0.2) is 47.3 Å². The van der Waals surface area contributed by atoms with E-state index >= 15 is 0 Å². The maximum atomic E-state index is 13.5. The Bertz CT molecular complexity index is 787. The molecule has 2 aromatic heterocycles. The zero-order chi connectivity index (χ0) is 19.3. The van der Waals surface area contributed by atoms with Crippen molar-refractivity contribution in [3.8, 4) is 0 Å². The zero-order valence-electron chi connectivity index (χ0n) is 16.0. The van der Waals surface area contributed by atoms with Crippen LogP contribution in [-0.4, -0.2) is 70.8 Å². The second kappa shape index (κ2) is 8.56. The molecule has 2 saturated heterocycles. The van der Waals surface area contributed by atoms with Gasteiger partial charge in [-0.1, -0.05) is 6.07 Å². The van der Waals surface area contributed by atoms with Crippen LogP contribution in [0.3, 0.4) is 0 Å². The Morgan fingerprint density at radius 1 is 0.929 bits per heavy atom. The van der Waals surface area contributed by atoms with Gasteiger partial charge < -0.3 is 14.2 Å². The van der Waals surface area contributed by atoms with Gasteiger partial charge in [-0.25, -0.2) is 0 Å². The molecule has 7 heteroatoms. The summed E-state index contributed by atoms with van der Waals surface area (Å²) in [7, 11) is 0. The Morgan fingerprint density at radius 2 is 1.71 bits per heavy atom. The third-order valence-corrected chi connectivity index (χ3v) is 5.57. The minimum absolute atomic E-state index is 0.109. The summed E-state index contributed by atoms with van der Waals surface area (Å²) in [6.07, 6.45) is 8.04. The smallest absolute Gasteiger partial charge is 0.289 e. The van der Waals surface area contributed by atoms with Crippen LogP contribution in [0.5, 0.6) is 0 Å². The molecule has 28 heavy (non-hydrogen) atoms. The molecule has 0 saturated carbocycles. The Labute approximate surface area is 164 Å². The van der Waals surface area contributed by atoms with E-state index in [4.69, 9.17) is 4.42 Å². The largest absolute Gasteiger partial charge is 0.459 e. The number of carbonyl (C=O) groups is 2. The van der Waals surface area contributed by atoms with E-state index in [1.54, 1.807) is 29.4 Å². The molecule has 2 amide bonds. The van der Waals surface area contributed by atoms with Gasteiger partial charge >= 0.3 is 0 Å². The molecule has 0 aliphatic carbocycles. The molecular weight excluding hydrogens is 356 g/mol. The lowest BCUT2D eigenvalue weighted by atomic mass is 10.1. The molecule has 1 atom stereocenters. The summed E-state index contributed by atoms with van der Waals surface area (Å²) in [5, 5.41) is 0. The van der Waals surface area contributed by atoms with Crippen LogP contribution in [0.4, 0.5) is 0 Å². The van der Waals surface area contributed by atoms with Crippen LogP contribution in [0.2, 0.25) is 0 Å². The van der Waals surface area contributed by atoms with Gasteiger partial charge in [0.05, 0.1) is 6.26 Å². The average Bonchev–Trinajstić information content (AvgIpc) is 3.39. The summed E-state index contributed by atoms with van der Waals surface area (Å²) in [4.78, 5) is 36.2. The lowest BCUT2D eigenvalue weighted by Gasteiger charge is -2.32. The summed E-state index contributed by atoms with van der Waals surface area (Å²) < 4.78 is 5.24. The molecular formula is C21H26N4O3. The number of hydrogen-bond donors (Lipinski definition) is 0. The topological polar surface area (TPSA) is 69.9 Å². The molecule has 2 aliphatic rings. The molecule has 0 aromatic carbocycles. The predicted molar refractivity (Wildman–Crippen MR) is 104 cm³/mol. The first-order valence-corrected chi connectivity index (χ1v) is 9.99. The summed E-state index contributed by atoms with van der Waals surface area (Å²) in [6, 6.07) is 6.98. The highest BCUT2D eigenvalue weighted by Gasteiger charge is 2.34. The van der Waals surface area contributed by atoms with Gasteiger partial charge in [0.1, 0.15) is 6.04 Å². The van der Waals surface area contributed by atoms with E-state index < -0.39 is 0 Å². The van der Waals surface area contributed by atoms with Crippen molar-refractivity contribution < 1.29 is 14.0 Å². The summed E-state index contributed by atoms with van der Waals surface area (Å²) in [6.45, 7) is 4.21. The first-order valence-electron chi connectivity index (χ1n) is 9.99. The number of amides is 2. The van der Waals surface area contributed by atoms with Gasteiger partial charge in [0.15, 0.2) is 5.76 Å². The fourth-order valence-electron chi connectivity index (χ4n) is 4.12. The summed E-state index contributed by atoms with van der Waals surface area (Å²) in [5.74, 6) is 0.356. The molecule has 0 spiro atoms. The summed E-state index contributed by atoms with van der Waals surface area (Å²) >= 11 is 0. The maximum absolute atomic E-state index is 13.5. The third-order valence-electron chi connectivity index (χ3n) is 5.57. The highest BCUT2D eigenvalue weighted by molar-refractivity contribution is 5.91. The number of pyridine rings is 1. The van der Waals surface area contributed by atoms with Crippen molar-refractivity contribution >= 4 is 11.8 Å². The van der Waals surface area contributed by atoms with Gasteiger partial charge in [-0.2, -0.15) is 0 Å². The van der Waals surface area contributed by atoms with Gasteiger partial charge in [-0.05, 0) is 56.1 Å². The highest BCUT2D eigenvalue weighted by atomic mass is 16.3. The SMILES string of the molecule is O=C(c1ccco1)N1CCCN(C(=O)C(c2cccnc2)N2CCCC2)CC1. The van der Waals surface area contributed by atoms with Crippen molar-refractivity contribution in [2.75, 3.05) is 39.3 Å². The molecule has 0 radical (unpaired) electrons. The van der Waals surface area contributed by atoms with Crippen molar-refractivity contribution in [2.24, 2.45) is 0 Å². The van der Waals surface area contributed by atoms with Crippen molar-refractivity contribution in [1.82, 2.24) is 19.7 Å². The van der Waals surface area contributed by atoms with E-state index in [0.717, 1.165) is 37.9 Å². The third kappa shape index (κ3) is 3.94. The van der Waals surface area contributed by atoms with Crippen molar-refractivity contribution in [2.45, 2.75) is 25.3 Å². The Kier molecular flexibility index (Phi) is 5.71. The molecule has 0 bridgehead atoms. The van der Waals surface area contributed by atoms with E-state index in [1.165, 1.54) is 6.26 Å². The van der Waals surface area contributed by atoms with Gasteiger partial charge in [0, 0.05) is 38.6 Å². The molecule has 4 rings (SSSR count).